The molecule has 0 saturated carbocycles. The van der Waals surface area contributed by atoms with Crippen molar-refractivity contribution in [1.82, 2.24) is 4.98 Å². The Bertz CT molecular complexity index is 971. The van der Waals surface area contributed by atoms with Gasteiger partial charge in [-0.25, -0.2) is 9.78 Å². The minimum absolute atomic E-state index is 0.188. The Labute approximate surface area is 159 Å². The predicted octanol–water partition coefficient (Wildman–Crippen LogP) is 4.51. The number of ether oxygens (including phenoxy) is 1. The quantitative estimate of drug-likeness (QED) is 0.581. The summed E-state index contributed by atoms with van der Waals surface area (Å²) in [4.78, 5) is 27.0. The molecule has 3 rings (SSSR count). The van der Waals surface area contributed by atoms with Crippen molar-refractivity contribution >= 4 is 34.2 Å². The number of rotatable bonds is 6. The summed E-state index contributed by atoms with van der Waals surface area (Å²) >= 11 is 1.16. The maximum absolute atomic E-state index is 12.3. The zero-order valence-corrected chi connectivity index (χ0v) is 15.2. The summed E-state index contributed by atoms with van der Waals surface area (Å²) in [6.45, 7) is 1.94. The number of carbonyl (C=O) groups is 2. The van der Waals surface area contributed by atoms with E-state index in [4.69, 9.17) is 9.84 Å². The lowest BCUT2D eigenvalue weighted by Gasteiger charge is -2.13. The smallest absolute Gasteiger partial charge is 0.325 e. The van der Waals surface area contributed by atoms with Crippen molar-refractivity contribution in [2.24, 2.45) is 0 Å². The fourth-order valence-corrected chi connectivity index (χ4v) is 3.00. The van der Waals surface area contributed by atoms with E-state index >= 15 is 0 Å². The molecule has 1 aromatic heterocycles. The number of carbonyl (C=O) groups excluding carboxylic acids is 1. The maximum Gasteiger partial charge on any atom is 0.325 e. The van der Waals surface area contributed by atoms with Gasteiger partial charge in [0.15, 0.2) is 10.9 Å². The SMILES string of the molecule is Cc1ccccc1Oc1ccccc1NC(=O)Nc1nc(CC(=O)O)cs1. The molecule has 0 aliphatic carbocycles. The van der Waals surface area contributed by atoms with E-state index in [1.165, 1.54) is 0 Å². The zero-order chi connectivity index (χ0) is 19.2. The molecule has 0 fully saturated rings. The van der Waals surface area contributed by atoms with Gasteiger partial charge in [0, 0.05) is 5.38 Å². The first-order valence-corrected chi connectivity index (χ1v) is 8.96. The number of urea groups is 1. The van der Waals surface area contributed by atoms with Crippen molar-refractivity contribution in [2.45, 2.75) is 13.3 Å². The number of amides is 2. The van der Waals surface area contributed by atoms with Gasteiger partial charge in [0.05, 0.1) is 17.8 Å². The molecule has 0 radical (unpaired) electrons. The third-order valence-electron chi connectivity index (χ3n) is 3.55. The first-order valence-electron chi connectivity index (χ1n) is 8.08. The van der Waals surface area contributed by atoms with Crippen LogP contribution in [0.5, 0.6) is 11.5 Å². The molecule has 0 aliphatic heterocycles. The van der Waals surface area contributed by atoms with E-state index in [0.29, 0.717) is 28.0 Å². The number of hydrogen-bond acceptors (Lipinski definition) is 5. The molecule has 27 heavy (non-hydrogen) atoms. The number of anilines is 2. The Morgan fingerprint density at radius 3 is 2.52 bits per heavy atom. The monoisotopic (exact) mass is 383 g/mol. The highest BCUT2D eigenvalue weighted by Crippen LogP contribution is 2.31. The summed E-state index contributed by atoms with van der Waals surface area (Å²) in [7, 11) is 0. The number of benzene rings is 2. The van der Waals surface area contributed by atoms with E-state index in [2.05, 4.69) is 15.6 Å². The highest BCUT2D eigenvalue weighted by Gasteiger charge is 2.12. The first-order chi connectivity index (χ1) is 13.0. The third-order valence-corrected chi connectivity index (χ3v) is 4.36. The van der Waals surface area contributed by atoms with E-state index in [1.54, 1.807) is 23.6 Å². The summed E-state index contributed by atoms with van der Waals surface area (Å²) < 4.78 is 5.92. The lowest BCUT2D eigenvalue weighted by molar-refractivity contribution is -0.136. The van der Waals surface area contributed by atoms with E-state index < -0.39 is 12.0 Å². The Kier molecular flexibility index (Phi) is 5.68. The predicted molar refractivity (Wildman–Crippen MR) is 104 cm³/mol. The van der Waals surface area contributed by atoms with Crippen molar-refractivity contribution in [2.75, 3.05) is 10.6 Å². The largest absolute Gasteiger partial charge is 0.481 e. The Morgan fingerprint density at radius 2 is 1.78 bits per heavy atom. The summed E-state index contributed by atoms with van der Waals surface area (Å²) in [6.07, 6.45) is -0.188. The number of hydrogen-bond donors (Lipinski definition) is 3. The topological polar surface area (TPSA) is 101 Å². The van der Waals surface area contributed by atoms with Crippen LogP contribution >= 0.6 is 11.3 Å². The van der Waals surface area contributed by atoms with Gasteiger partial charge in [-0.1, -0.05) is 30.3 Å². The van der Waals surface area contributed by atoms with Crippen LogP contribution in [0.2, 0.25) is 0 Å². The molecule has 7 nitrogen and oxygen atoms in total. The molecular formula is C19H17N3O4S. The van der Waals surface area contributed by atoms with Crippen LogP contribution in [0.15, 0.2) is 53.9 Å². The van der Waals surface area contributed by atoms with Gasteiger partial charge in [-0.15, -0.1) is 11.3 Å². The standard InChI is InChI=1S/C19H17N3O4S/c1-12-6-2-4-8-15(12)26-16-9-5-3-7-14(16)21-18(25)22-19-20-13(11-27-19)10-17(23)24/h2-9,11H,10H2,1H3,(H,23,24)(H2,20,21,22,25). The number of nitrogens with zero attached hydrogens (tertiary/aromatic N) is 1. The second-order valence-corrected chi connectivity index (χ2v) is 6.52. The average molecular weight is 383 g/mol. The molecular weight excluding hydrogens is 366 g/mol. The van der Waals surface area contributed by atoms with E-state index in [1.807, 2.05) is 37.3 Å². The van der Waals surface area contributed by atoms with Gasteiger partial charge in [0.1, 0.15) is 5.75 Å². The molecule has 2 amide bonds. The molecule has 1 heterocycles. The summed E-state index contributed by atoms with van der Waals surface area (Å²) in [5.74, 6) is 0.233. The molecule has 0 aliphatic rings. The van der Waals surface area contributed by atoms with E-state index in [0.717, 1.165) is 16.9 Å². The second kappa shape index (κ2) is 8.33. The van der Waals surface area contributed by atoms with Crippen molar-refractivity contribution in [3.63, 3.8) is 0 Å². The van der Waals surface area contributed by atoms with Crippen LogP contribution in [-0.2, 0) is 11.2 Å². The number of aromatic nitrogens is 1. The fourth-order valence-electron chi connectivity index (χ4n) is 2.30. The molecule has 3 aromatic rings. The van der Waals surface area contributed by atoms with Crippen LogP contribution in [0.25, 0.3) is 0 Å². The van der Waals surface area contributed by atoms with Gasteiger partial charge in [0.25, 0.3) is 0 Å². The van der Waals surface area contributed by atoms with Crippen molar-refractivity contribution in [3.8, 4) is 11.5 Å². The van der Waals surface area contributed by atoms with Crippen molar-refractivity contribution < 1.29 is 19.4 Å². The van der Waals surface area contributed by atoms with Crippen molar-refractivity contribution in [1.29, 1.82) is 0 Å². The number of nitrogens with one attached hydrogen (secondary N) is 2. The highest BCUT2D eigenvalue weighted by atomic mass is 32.1. The lowest BCUT2D eigenvalue weighted by atomic mass is 10.2. The van der Waals surface area contributed by atoms with Crippen LogP contribution in [0.4, 0.5) is 15.6 Å². The number of thiazole rings is 1. The molecule has 0 bridgehead atoms. The van der Waals surface area contributed by atoms with Gasteiger partial charge >= 0.3 is 12.0 Å². The second-order valence-electron chi connectivity index (χ2n) is 5.66. The molecule has 2 aromatic carbocycles. The van der Waals surface area contributed by atoms with Gasteiger partial charge in [0.2, 0.25) is 0 Å². The lowest BCUT2D eigenvalue weighted by Crippen LogP contribution is -2.19. The summed E-state index contributed by atoms with van der Waals surface area (Å²) in [6, 6.07) is 14.2. The Morgan fingerprint density at radius 1 is 1.07 bits per heavy atom. The number of aliphatic carboxylic acids is 1. The fraction of sp³-hybridized carbons (Fsp3) is 0.105. The summed E-state index contributed by atoms with van der Waals surface area (Å²) in [5.41, 5.74) is 1.87. The third kappa shape index (κ3) is 5.05. The van der Waals surface area contributed by atoms with Gasteiger partial charge < -0.3 is 15.2 Å². The minimum atomic E-state index is -0.974. The Hall–Kier alpha value is -3.39. The first kappa shape index (κ1) is 18.4. The van der Waals surface area contributed by atoms with Crippen LogP contribution in [0, 0.1) is 6.92 Å². The maximum atomic E-state index is 12.3. The van der Waals surface area contributed by atoms with Crippen LogP contribution < -0.4 is 15.4 Å². The molecule has 138 valence electrons. The van der Waals surface area contributed by atoms with Crippen LogP contribution in [0.1, 0.15) is 11.3 Å². The number of aryl methyl sites for hydroxylation is 1. The molecule has 8 heteroatoms. The zero-order valence-electron chi connectivity index (χ0n) is 14.4. The van der Waals surface area contributed by atoms with Gasteiger partial charge in [-0.05, 0) is 30.7 Å². The van der Waals surface area contributed by atoms with Crippen LogP contribution in [0.3, 0.4) is 0 Å². The minimum Gasteiger partial charge on any atom is -0.481 e. The average Bonchev–Trinajstić information content (AvgIpc) is 3.04. The number of carboxylic acid groups (broad SMARTS) is 1. The molecule has 3 N–H and O–H groups in total. The van der Waals surface area contributed by atoms with Crippen molar-refractivity contribution in [3.05, 3.63) is 65.2 Å². The normalized spacial score (nSPS) is 10.3. The van der Waals surface area contributed by atoms with Gasteiger partial charge in [-0.3, -0.25) is 10.1 Å². The van der Waals surface area contributed by atoms with Gasteiger partial charge in [-0.2, -0.15) is 0 Å². The van der Waals surface area contributed by atoms with E-state index in [9.17, 15) is 9.59 Å². The molecule has 0 unspecified atom stereocenters. The molecule has 0 saturated heterocycles. The number of carboxylic acids is 1. The highest BCUT2D eigenvalue weighted by molar-refractivity contribution is 7.13. The van der Waals surface area contributed by atoms with Crippen LogP contribution in [-0.4, -0.2) is 22.1 Å². The van der Waals surface area contributed by atoms with E-state index in [-0.39, 0.29) is 6.42 Å². The Balaban J connectivity index is 1.68. The molecule has 0 atom stereocenters. The number of para-hydroxylation sites is 3. The molecule has 0 spiro atoms. The summed E-state index contributed by atoms with van der Waals surface area (Å²) in [5, 5.41) is 16.0.